The number of piperidine rings is 1. The smallest absolute Gasteiger partial charge is 0.307 e. The molecular weight excluding hydrogens is 304 g/mol. The standard InChI is InChI=1S/C19H28N2O3/c1-13-9-17(19(23)24)12-21(10-13)15(3)18(22)20(4)11-16-8-6-5-7-14(16)2/h5-8,13,15,17H,9-12H2,1-4H3,(H,23,24). The van der Waals surface area contributed by atoms with Gasteiger partial charge in [0.15, 0.2) is 0 Å². The van der Waals surface area contributed by atoms with Gasteiger partial charge in [0, 0.05) is 26.7 Å². The number of carbonyl (C=O) groups excluding carboxylic acids is 1. The summed E-state index contributed by atoms with van der Waals surface area (Å²) in [6, 6.07) is 7.75. The fraction of sp³-hybridized carbons (Fsp3) is 0.579. The first kappa shape index (κ1) is 18.5. The molecule has 3 unspecified atom stereocenters. The van der Waals surface area contributed by atoms with Crippen molar-refractivity contribution in [3.8, 4) is 0 Å². The maximum absolute atomic E-state index is 12.8. The van der Waals surface area contributed by atoms with Gasteiger partial charge in [-0.2, -0.15) is 0 Å². The van der Waals surface area contributed by atoms with E-state index < -0.39 is 5.97 Å². The summed E-state index contributed by atoms with van der Waals surface area (Å²) < 4.78 is 0. The molecule has 0 spiro atoms. The minimum absolute atomic E-state index is 0.0384. The molecule has 1 N–H and O–H groups in total. The third kappa shape index (κ3) is 4.35. The summed E-state index contributed by atoms with van der Waals surface area (Å²) in [6.45, 7) is 7.77. The van der Waals surface area contributed by atoms with E-state index >= 15 is 0 Å². The van der Waals surface area contributed by atoms with E-state index in [4.69, 9.17) is 0 Å². The molecule has 0 bridgehead atoms. The number of carboxylic acids is 1. The van der Waals surface area contributed by atoms with Crippen molar-refractivity contribution < 1.29 is 14.7 Å². The first-order valence-electron chi connectivity index (χ1n) is 8.56. The first-order chi connectivity index (χ1) is 11.3. The normalized spacial score (nSPS) is 22.8. The van der Waals surface area contributed by atoms with Gasteiger partial charge < -0.3 is 10.0 Å². The molecule has 5 heteroatoms. The summed E-state index contributed by atoms with van der Waals surface area (Å²) in [4.78, 5) is 27.9. The topological polar surface area (TPSA) is 60.9 Å². The lowest BCUT2D eigenvalue weighted by molar-refractivity contribution is -0.147. The summed E-state index contributed by atoms with van der Waals surface area (Å²) in [7, 11) is 1.81. The van der Waals surface area contributed by atoms with Crippen LogP contribution in [0.1, 0.15) is 31.4 Å². The van der Waals surface area contributed by atoms with Gasteiger partial charge in [-0.05, 0) is 37.3 Å². The molecular formula is C19H28N2O3. The highest BCUT2D eigenvalue weighted by Crippen LogP contribution is 2.24. The number of hydrogen-bond acceptors (Lipinski definition) is 3. The van der Waals surface area contributed by atoms with Crippen LogP contribution in [0.25, 0.3) is 0 Å². The summed E-state index contributed by atoms with van der Waals surface area (Å²) in [5.41, 5.74) is 2.30. The van der Waals surface area contributed by atoms with Gasteiger partial charge in [0.25, 0.3) is 0 Å². The van der Waals surface area contributed by atoms with Crippen LogP contribution in [-0.4, -0.2) is 53.0 Å². The Bertz CT molecular complexity index is 602. The molecule has 0 radical (unpaired) electrons. The molecule has 3 atom stereocenters. The first-order valence-corrected chi connectivity index (χ1v) is 8.56. The van der Waals surface area contributed by atoms with Crippen LogP contribution in [0.15, 0.2) is 24.3 Å². The van der Waals surface area contributed by atoms with Crippen molar-refractivity contribution in [1.29, 1.82) is 0 Å². The number of hydrogen-bond donors (Lipinski definition) is 1. The van der Waals surface area contributed by atoms with Gasteiger partial charge in [0.05, 0.1) is 12.0 Å². The van der Waals surface area contributed by atoms with Crippen LogP contribution in [0.4, 0.5) is 0 Å². The van der Waals surface area contributed by atoms with Gasteiger partial charge in [-0.15, -0.1) is 0 Å². The van der Waals surface area contributed by atoms with E-state index in [1.54, 1.807) is 4.90 Å². The number of aliphatic carboxylic acids is 1. The zero-order valence-corrected chi connectivity index (χ0v) is 15.0. The molecule has 1 fully saturated rings. The number of likely N-dealkylation sites (N-methyl/N-ethyl adjacent to an activating group) is 1. The van der Waals surface area contributed by atoms with Crippen LogP contribution in [0.5, 0.6) is 0 Å². The highest BCUT2D eigenvalue weighted by atomic mass is 16.4. The summed E-state index contributed by atoms with van der Waals surface area (Å²) >= 11 is 0. The molecule has 1 amide bonds. The van der Waals surface area contributed by atoms with Gasteiger partial charge in [0.1, 0.15) is 0 Å². The molecule has 0 aliphatic carbocycles. The van der Waals surface area contributed by atoms with E-state index in [0.717, 1.165) is 12.1 Å². The summed E-state index contributed by atoms with van der Waals surface area (Å²) in [5.74, 6) is -0.821. The van der Waals surface area contributed by atoms with Crippen molar-refractivity contribution in [3.63, 3.8) is 0 Å². The van der Waals surface area contributed by atoms with Crippen LogP contribution in [0.3, 0.4) is 0 Å². The number of carbonyl (C=O) groups is 2. The highest BCUT2D eigenvalue weighted by Gasteiger charge is 2.34. The Hall–Kier alpha value is -1.88. The quantitative estimate of drug-likeness (QED) is 0.899. The van der Waals surface area contributed by atoms with E-state index in [2.05, 4.69) is 6.92 Å². The number of nitrogens with zero attached hydrogens (tertiary/aromatic N) is 2. The second-order valence-corrected chi connectivity index (χ2v) is 7.13. The van der Waals surface area contributed by atoms with Crippen molar-refractivity contribution in [2.75, 3.05) is 20.1 Å². The lowest BCUT2D eigenvalue weighted by atomic mass is 9.89. The van der Waals surface area contributed by atoms with E-state index in [1.807, 2.05) is 50.1 Å². The number of benzene rings is 1. The van der Waals surface area contributed by atoms with Gasteiger partial charge in [-0.1, -0.05) is 31.2 Å². The zero-order valence-electron chi connectivity index (χ0n) is 15.0. The summed E-state index contributed by atoms with van der Waals surface area (Å²) in [6.07, 6.45) is 0.686. The van der Waals surface area contributed by atoms with Crippen molar-refractivity contribution in [2.24, 2.45) is 11.8 Å². The number of amides is 1. The Kier molecular flexibility index (Phi) is 5.99. The molecule has 1 aromatic carbocycles. The molecule has 1 saturated heterocycles. The van der Waals surface area contributed by atoms with Crippen LogP contribution in [-0.2, 0) is 16.1 Å². The van der Waals surface area contributed by atoms with E-state index in [9.17, 15) is 14.7 Å². The molecule has 2 rings (SSSR count). The largest absolute Gasteiger partial charge is 0.481 e. The Balaban J connectivity index is 2.02. The third-order valence-corrected chi connectivity index (χ3v) is 4.99. The Labute approximate surface area is 144 Å². The van der Waals surface area contributed by atoms with Crippen molar-refractivity contribution >= 4 is 11.9 Å². The molecule has 1 aliphatic rings. The molecule has 0 aromatic heterocycles. The second kappa shape index (κ2) is 7.79. The van der Waals surface area contributed by atoms with Crippen molar-refractivity contribution in [2.45, 2.75) is 39.8 Å². The fourth-order valence-corrected chi connectivity index (χ4v) is 3.48. The minimum atomic E-state index is -0.764. The zero-order chi connectivity index (χ0) is 17.9. The fourth-order valence-electron chi connectivity index (χ4n) is 3.48. The predicted molar refractivity (Wildman–Crippen MR) is 93.6 cm³/mol. The highest BCUT2D eigenvalue weighted by molar-refractivity contribution is 5.81. The minimum Gasteiger partial charge on any atom is -0.481 e. The molecule has 5 nitrogen and oxygen atoms in total. The lowest BCUT2D eigenvalue weighted by Gasteiger charge is -2.39. The van der Waals surface area contributed by atoms with Crippen LogP contribution in [0.2, 0.25) is 0 Å². The maximum atomic E-state index is 12.8. The Morgan fingerprint density at radius 2 is 2.00 bits per heavy atom. The van der Waals surface area contributed by atoms with Gasteiger partial charge in [-0.25, -0.2) is 0 Å². The molecule has 1 heterocycles. The van der Waals surface area contributed by atoms with E-state index in [-0.39, 0.29) is 23.8 Å². The lowest BCUT2D eigenvalue weighted by Crippen LogP contribution is -2.52. The molecule has 1 aliphatic heterocycles. The van der Waals surface area contributed by atoms with E-state index in [1.165, 1.54) is 5.56 Å². The predicted octanol–water partition coefficient (Wildman–Crippen LogP) is 2.38. The van der Waals surface area contributed by atoms with Crippen LogP contribution < -0.4 is 0 Å². The monoisotopic (exact) mass is 332 g/mol. The number of likely N-dealkylation sites (tertiary alicyclic amines) is 1. The molecule has 24 heavy (non-hydrogen) atoms. The van der Waals surface area contributed by atoms with Gasteiger partial charge in [0.2, 0.25) is 5.91 Å². The Morgan fingerprint density at radius 3 is 2.62 bits per heavy atom. The SMILES string of the molecule is Cc1ccccc1CN(C)C(=O)C(C)N1CC(C)CC(C(=O)O)C1. The van der Waals surface area contributed by atoms with Gasteiger partial charge in [-0.3, -0.25) is 14.5 Å². The average molecular weight is 332 g/mol. The number of rotatable bonds is 5. The number of carboxylic acid groups (broad SMARTS) is 1. The van der Waals surface area contributed by atoms with Crippen LogP contribution in [0, 0.1) is 18.8 Å². The molecule has 0 saturated carbocycles. The van der Waals surface area contributed by atoms with Crippen molar-refractivity contribution in [1.82, 2.24) is 9.80 Å². The second-order valence-electron chi connectivity index (χ2n) is 7.13. The van der Waals surface area contributed by atoms with E-state index in [0.29, 0.717) is 19.5 Å². The average Bonchev–Trinajstić information content (AvgIpc) is 2.54. The van der Waals surface area contributed by atoms with Crippen molar-refractivity contribution in [3.05, 3.63) is 35.4 Å². The Morgan fingerprint density at radius 1 is 1.33 bits per heavy atom. The third-order valence-electron chi connectivity index (χ3n) is 4.99. The maximum Gasteiger partial charge on any atom is 0.307 e. The number of aryl methyl sites for hydroxylation is 1. The summed E-state index contributed by atoms with van der Waals surface area (Å²) in [5, 5.41) is 9.31. The molecule has 1 aromatic rings. The van der Waals surface area contributed by atoms with Gasteiger partial charge >= 0.3 is 5.97 Å². The molecule has 132 valence electrons. The van der Waals surface area contributed by atoms with Crippen LogP contribution >= 0.6 is 0 Å².